The van der Waals surface area contributed by atoms with Crippen LogP contribution in [0.4, 0.5) is 18.0 Å². The van der Waals surface area contributed by atoms with Crippen LogP contribution in [0.1, 0.15) is 24.1 Å². The Labute approximate surface area is 148 Å². The van der Waals surface area contributed by atoms with Crippen molar-refractivity contribution in [3.8, 4) is 0 Å². The van der Waals surface area contributed by atoms with Crippen LogP contribution in [0.25, 0.3) is 0 Å². The number of urea groups is 1. The van der Waals surface area contributed by atoms with Gasteiger partial charge in [-0.1, -0.05) is 18.2 Å². The van der Waals surface area contributed by atoms with E-state index in [1.165, 1.54) is 30.3 Å². The molecule has 0 unspecified atom stereocenters. The molecule has 138 valence electrons. The van der Waals surface area contributed by atoms with Gasteiger partial charge in [-0.3, -0.25) is 4.79 Å². The highest BCUT2D eigenvalue weighted by Gasteiger charge is 2.12. The summed E-state index contributed by atoms with van der Waals surface area (Å²) in [7, 11) is 0. The van der Waals surface area contributed by atoms with Crippen molar-refractivity contribution in [2.24, 2.45) is 0 Å². The summed E-state index contributed by atoms with van der Waals surface area (Å²) in [5.74, 6) is -2.82. The lowest BCUT2D eigenvalue weighted by molar-refractivity contribution is -0.120. The molecule has 0 saturated carbocycles. The first-order valence-corrected chi connectivity index (χ1v) is 7.85. The van der Waals surface area contributed by atoms with Crippen molar-refractivity contribution in [2.45, 2.75) is 19.5 Å². The zero-order chi connectivity index (χ0) is 19.1. The summed E-state index contributed by atoms with van der Waals surface area (Å²) in [4.78, 5) is 23.5. The van der Waals surface area contributed by atoms with Crippen LogP contribution in [0.5, 0.6) is 0 Å². The third kappa shape index (κ3) is 5.80. The maximum atomic E-state index is 13.2. The molecule has 0 fully saturated rings. The molecule has 2 aromatic carbocycles. The summed E-state index contributed by atoms with van der Waals surface area (Å²) in [6.07, 6.45) is 0. The Hall–Kier alpha value is -3.03. The molecule has 0 heterocycles. The Kier molecular flexibility index (Phi) is 6.60. The molecule has 0 spiro atoms. The Bertz CT molecular complexity index is 782. The molecule has 0 aliphatic rings. The van der Waals surface area contributed by atoms with E-state index < -0.39 is 29.6 Å². The molecule has 0 bridgehead atoms. The summed E-state index contributed by atoms with van der Waals surface area (Å²) in [5.41, 5.74) is 1.11. The van der Waals surface area contributed by atoms with Gasteiger partial charge in [-0.05, 0) is 42.3 Å². The Balaban J connectivity index is 1.74. The molecule has 3 amide bonds. The van der Waals surface area contributed by atoms with Crippen molar-refractivity contribution in [1.29, 1.82) is 0 Å². The molecule has 5 nitrogen and oxygen atoms in total. The number of benzene rings is 2. The second kappa shape index (κ2) is 8.89. The largest absolute Gasteiger partial charge is 0.348 e. The molecular weight excluding hydrogens is 347 g/mol. The van der Waals surface area contributed by atoms with Gasteiger partial charge in [0.1, 0.15) is 5.82 Å². The highest BCUT2D eigenvalue weighted by Crippen LogP contribution is 2.15. The number of rotatable bonds is 6. The Morgan fingerprint density at radius 3 is 2.31 bits per heavy atom. The number of carbonyl (C=O) groups excluding carboxylic acids is 2. The normalized spacial score (nSPS) is 11.5. The van der Waals surface area contributed by atoms with Crippen LogP contribution in [0.2, 0.25) is 0 Å². The molecule has 26 heavy (non-hydrogen) atoms. The second-order valence-electron chi connectivity index (χ2n) is 5.63. The number of hydrogen-bond donors (Lipinski definition) is 3. The van der Waals surface area contributed by atoms with Gasteiger partial charge in [0.05, 0.1) is 12.6 Å². The average Bonchev–Trinajstić information content (AvgIpc) is 2.61. The third-order valence-corrected chi connectivity index (χ3v) is 3.60. The van der Waals surface area contributed by atoms with Gasteiger partial charge in [0.25, 0.3) is 0 Å². The van der Waals surface area contributed by atoms with E-state index in [1.54, 1.807) is 6.92 Å². The van der Waals surface area contributed by atoms with E-state index in [0.717, 1.165) is 12.1 Å². The monoisotopic (exact) mass is 365 g/mol. The van der Waals surface area contributed by atoms with Crippen LogP contribution < -0.4 is 16.0 Å². The minimum absolute atomic E-state index is 0.180. The maximum absolute atomic E-state index is 13.2. The van der Waals surface area contributed by atoms with E-state index in [1.807, 2.05) is 0 Å². The smallest absolute Gasteiger partial charge is 0.315 e. The molecule has 0 aromatic heterocycles. The van der Waals surface area contributed by atoms with Crippen molar-refractivity contribution in [2.75, 3.05) is 6.54 Å². The molecule has 1 atom stereocenters. The van der Waals surface area contributed by atoms with Crippen molar-refractivity contribution in [1.82, 2.24) is 16.0 Å². The van der Waals surface area contributed by atoms with Crippen LogP contribution in [-0.2, 0) is 11.3 Å². The average molecular weight is 365 g/mol. The van der Waals surface area contributed by atoms with E-state index in [2.05, 4.69) is 16.0 Å². The second-order valence-corrected chi connectivity index (χ2v) is 5.63. The van der Waals surface area contributed by atoms with E-state index in [9.17, 15) is 22.8 Å². The van der Waals surface area contributed by atoms with E-state index in [4.69, 9.17) is 0 Å². The molecule has 8 heteroatoms. The summed E-state index contributed by atoms with van der Waals surface area (Å²) < 4.78 is 38.9. The van der Waals surface area contributed by atoms with Crippen LogP contribution in [0.3, 0.4) is 0 Å². The van der Waals surface area contributed by atoms with Crippen LogP contribution >= 0.6 is 0 Å². The Morgan fingerprint density at radius 2 is 1.65 bits per heavy atom. The van der Waals surface area contributed by atoms with E-state index in [0.29, 0.717) is 11.1 Å². The summed E-state index contributed by atoms with van der Waals surface area (Å²) in [6.45, 7) is 1.50. The molecule has 0 aliphatic carbocycles. The first-order valence-electron chi connectivity index (χ1n) is 7.85. The number of carbonyl (C=O) groups is 2. The summed E-state index contributed by atoms with van der Waals surface area (Å²) in [5, 5.41) is 7.47. The zero-order valence-electron chi connectivity index (χ0n) is 14.0. The minimum Gasteiger partial charge on any atom is -0.348 e. The molecule has 3 N–H and O–H groups in total. The maximum Gasteiger partial charge on any atom is 0.315 e. The lowest BCUT2D eigenvalue weighted by Gasteiger charge is -2.15. The van der Waals surface area contributed by atoms with Gasteiger partial charge in [0, 0.05) is 6.54 Å². The van der Waals surface area contributed by atoms with Gasteiger partial charge in [-0.2, -0.15) is 0 Å². The number of nitrogens with one attached hydrogen (secondary N) is 3. The number of halogens is 3. The van der Waals surface area contributed by atoms with Crippen LogP contribution in [0.15, 0.2) is 42.5 Å². The molecule has 2 rings (SSSR count). The number of hydrogen-bond acceptors (Lipinski definition) is 2. The van der Waals surface area contributed by atoms with Gasteiger partial charge in [-0.25, -0.2) is 18.0 Å². The Morgan fingerprint density at radius 1 is 0.962 bits per heavy atom. The van der Waals surface area contributed by atoms with Crippen LogP contribution in [0, 0.1) is 17.5 Å². The van der Waals surface area contributed by atoms with Crippen molar-refractivity contribution >= 4 is 11.9 Å². The molecule has 0 radical (unpaired) electrons. The minimum atomic E-state index is -0.998. The summed E-state index contributed by atoms with van der Waals surface area (Å²) in [6, 6.07) is 7.86. The van der Waals surface area contributed by atoms with Gasteiger partial charge >= 0.3 is 6.03 Å². The molecular formula is C18H18F3N3O2. The van der Waals surface area contributed by atoms with Crippen molar-refractivity contribution in [3.05, 3.63) is 71.0 Å². The van der Waals surface area contributed by atoms with Crippen molar-refractivity contribution < 1.29 is 22.8 Å². The van der Waals surface area contributed by atoms with E-state index in [-0.39, 0.29) is 18.9 Å². The highest BCUT2D eigenvalue weighted by atomic mass is 19.2. The predicted octanol–water partition coefficient (Wildman–Crippen LogP) is 2.78. The topological polar surface area (TPSA) is 70.2 Å². The molecule has 0 saturated heterocycles. The molecule has 2 aromatic rings. The fraction of sp³-hybridized carbons (Fsp3) is 0.222. The quantitative estimate of drug-likeness (QED) is 0.737. The zero-order valence-corrected chi connectivity index (χ0v) is 14.0. The SMILES string of the molecule is C[C@@H](NC(=O)CNC(=O)NCc1ccc(F)cc1)c1ccc(F)c(F)c1. The predicted molar refractivity (Wildman–Crippen MR) is 89.6 cm³/mol. The molecule has 0 aliphatic heterocycles. The van der Waals surface area contributed by atoms with Crippen molar-refractivity contribution in [3.63, 3.8) is 0 Å². The van der Waals surface area contributed by atoms with Gasteiger partial charge < -0.3 is 16.0 Å². The summed E-state index contributed by atoms with van der Waals surface area (Å²) >= 11 is 0. The lowest BCUT2D eigenvalue weighted by atomic mass is 10.1. The first kappa shape index (κ1) is 19.3. The first-order chi connectivity index (χ1) is 12.3. The van der Waals surface area contributed by atoms with Gasteiger partial charge in [-0.15, -0.1) is 0 Å². The standard InChI is InChI=1S/C18H18F3N3O2/c1-11(13-4-7-15(20)16(21)8-13)24-17(25)10-23-18(26)22-9-12-2-5-14(19)6-3-12/h2-8,11H,9-10H2,1H3,(H,24,25)(H2,22,23,26)/t11-/m1/s1. The highest BCUT2D eigenvalue weighted by molar-refractivity contribution is 5.84. The van der Waals surface area contributed by atoms with Crippen LogP contribution in [-0.4, -0.2) is 18.5 Å². The number of amides is 3. The fourth-order valence-electron chi connectivity index (χ4n) is 2.17. The fourth-order valence-corrected chi connectivity index (χ4v) is 2.17. The lowest BCUT2D eigenvalue weighted by Crippen LogP contribution is -2.42. The van der Waals surface area contributed by atoms with E-state index >= 15 is 0 Å². The van der Waals surface area contributed by atoms with Gasteiger partial charge in [0.15, 0.2) is 11.6 Å². The van der Waals surface area contributed by atoms with Gasteiger partial charge in [0.2, 0.25) is 5.91 Å². The third-order valence-electron chi connectivity index (χ3n) is 3.60.